The lowest BCUT2D eigenvalue weighted by molar-refractivity contribution is -0.384. The van der Waals surface area contributed by atoms with Crippen LogP contribution in [-0.2, 0) is 6.61 Å². The Labute approximate surface area is 231 Å². The minimum atomic E-state index is -0.510. The number of non-ortho nitro benzene ring substituents is 1. The van der Waals surface area contributed by atoms with Gasteiger partial charge >= 0.3 is 0 Å². The molecule has 2 heterocycles. The number of furan rings is 1. The van der Waals surface area contributed by atoms with Gasteiger partial charge in [0.1, 0.15) is 17.9 Å². The van der Waals surface area contributed by atoms with Gasteiger partial charge in [-0.2, -0.15) is 9.78 Å². The number of hydrogen-bond donors (Lipinski definition) is 0. The molecule has 6 rings (SSSR count). The Hall–Kier alpha value is -5.28. The summed E-state index contributed by atoms with van der Waals surface area (Å²) in [5, 5.41) is 17.7. The van der Waals surface area contributed by atoms with Crippen molar-refractivity contribution in [2.45, 2.75) is 6.61 Å². The van der Waals surface area contributed by atoms with E-state index in [1.807, 2.05) is 36.4 Å². The highest BCUT2D eigenvalue weighted by atomic mass is 35.5. The third-order valence-corrected chi connectivity index (χ3v) is 6.48. The van der Waals surface area contributed by atoms with Gasteiger partial charge < -0.3 is 9.15 Å². The summed E-state index contributed by atoms with van der Waals surface area (Å²) in [6.07, 6.45) is 1.34. The maximum Gasteiger partial charge on any atom is 0.282 e. The summed E-state index contributed by atoms with van der Waals surface area (Å²) >= 11 is 5.97. The van der Waals surface area contributed by atoms with Gasteiger partial charge in [-0.3, -0.25) is 14.9 Å². The molecule has 0 aliphatic rings. The van der Waals surface area contributed by atoms with Crippen LogP contribution < -0.4 is 10.3 Å². The maximum absolute atomic E-state index is 13.6. The van der Waals surface area contributed by atoms with Gasteiger partial charge in [0.15, 0.2) is 5.76 Å². The van der Waals surface area contributed by atoms with E-state index in [9.17, 15) is 14.9 Å². The van der Waals surface area contributed by atoms with Crippen LogP contribution in [0, 0.1) is 10.1 Å². The summed E-state index contributed by atoms with van der Waals surface area (Å²) in [6.45, 7) is 0.192. The molecular weight excluding hydrogens is 532 g/mol. The van der Waals surface area contributed by atoms with Crippen molar-refractivity contribution < 1.29 is 14.1 Å². The lowest BCUT2D eigenvalue weighted by Gasteiger charge is -2.10. The molecule has 0 fully saturated rings. The molecule has 196 valence electrons. The molecule has 0 N–H and O–H groups in total. The number of benzene rings is 4. The van der Waals surface area contributed by atoms with Gasteiger partial charge in [0, 0.05) is 28.1 Å². The fraction of sp³-hybridized carbons (Fsp3) is 0.0333. The lowest BCUT2D eigenvalue weighted by Crippen LogP contribution is -2.20. The maximum atomic E-state index is 13.6. The standard InChI is InChI=1S/C30H19ClN4O5/c31-22-11-9-19(10-12-22)18-39-26-14-13-23(35(37)38)15-21(26)17-32-34-29(28-16-20-5-1-4-8-27(20)40-28)33-25-7-3-2-6-24(25)30(34)36/h1-17H,18H2. The highest BCUT2D eigenvalue weighted by molar-refractivity contribution is 6.30. The summed E-state index contributed by atoms with van der Waals surface area (Å²) in [5.74, 6) is 0.876. The zero-order valence-electron chi connectivity index (χ0n) is 20.7. The lowest BCUT2D eigenvalue weighted by atomic mass is 10.2. The largest absolute Gasteiger partial charge is 0.488 e. The van der Waals surface area contributed by atoms with Crippen LogP contribution in [0.5, 0.6) is 5.75 Å². The minimum Gasteiger partial charge on any atom is -0.488 e. The number of para-hydroxylation sites is 2. The molecule has 0 bridgehead atoms. The molecule has 0 aliphatic carbocycles. The first-order chi connectivity index (χ1) is 19.5. The van der Waals surface area contributed by atoms with E-state index in [1.54, 1.807) is 42.5 Å². The highest BCUT2D eigenvalue weighted by Crippen LogP contribution is 2.28. The summed E-state index contributed by atoms with van der Waals surface area (Å²) < 4.78 is 13.1. The summed E-state index contributed by atoms with van der Waals surface area (Å²) in [4.78, 5) is 29.2. The first-order valence-electron chi connectivity index (χ1n) is 12.2. The van der Waals surface area contributed by atoms with Crippen LogP contribution in [0.4, 0.5) is 5.69 Å². The van der Waals surface area contributed by atoms with Gasteiger partial charge in [0.05, 0.1) is 22.0 Å². The Morgan fingerprint density at radius 1 is 1.00 bits per heavy atom. The summed E-state index contributed by atoms with van der Waals surface area (Å²) in [6, 6.07) is 27.5. The number of hydrogen-bond acceptors (Lipinski definition) is 7. The van der Waals surface area contributed by atoms with E-state index < -0.39 is 10.5 Å². The van der Waals surface area contributed by atoms with E-state index in [0.29, 0.717) is 38.6 Å². The van der Waals surface area contributed by atoms with E-state index in [0.717, 1.165) is 15.6 Å². The average Bonchev–Trinajstić information content (AvgIpc) is 3.41. The van der Waals surface area contributed by atoms with Gasteiger partial charge in [-0.25, -0.2) is 4.98 Å². The monoisotopic (exact) mass is 550 g/mol. The predicted octanol–water partition coefficient (Wildman–Crippen LogP) is 6.83. The number of aromatic nitrogens is 2. The average molecular weight is 551 g/mol. The summed E-state index contributed by atoms with van der Waals surface area (Å²) in [7, 11) is 0. The van der Waals surface area contributed by atoms with Gasteiger partial charge in [0.2, 0.25) is 5.82 Å². The van der Waals surface area contributed by atoms with Crippen molar-refractivity contribution >= 4 is 45.4 Å². The van der Waals surface area contributed by atoms with Crippen molar-refractivity contribution in [1.29, 1.82) is 0 Å². The first kappa shape index (κ1) is 25.0. The molecule has 0 amide bonds. The first-order valence-corrected chi connectivity index (χ1v) is 12.5. The van der Waals surface area contributed by atoms with E-state index in [4.69, 9.17) is 20.8 Å². The van der Waals surface area contributed by atoms with Crippen molar-refractivity contribution in [3.05, 3.63) is 134 Å². The molecule has 40 heavy (non-hydrogen) atoms. The van der Waals surface area contributed by atoms with Crippen LogP contribution in [0.3, 0.4) is 0 Å². The quantitative estimate of drug-likeness (QED) is 0.122. The van der Waals surface area contributed by atoms with Crippen LogP contribution in [0.1, 0.15) is 11.1 Å². The second-order valence-corrected chi connectivity index (χ2v) is 9.29. The van der Waals surface area contributed by atoms with Crippen molar-refractivity contribution in [3.63, 3.8) is 0 Å². The normalized spacial score (nSPS) is 11.4. The number of nitro benzene ring substituents is 1. The van der Waals surface area contributed by atoms with E-state index in [-0.39, 0.29) is 18.1 Å². The van der Waals surface area contributed by atoms with Crippen LogP contribution in [-0.4, -0.2) is 20.8 Å². The Kier molecular flexibility index (Phi) is 6.55. The molecule has 0 radical (unpaired) electrons. The molecule has 0 spiro atoms. The van der Waals surface area contributed by atoms with Gasteiger partial charge in [-0.1, -0.05) is 54.1 Å². The number of rotatable bonds is 7. The van der Waals surface area contributed by atoms with Crippen molar-refractivity contribution in [3.8, 4) is 17.3 Å². The number of halogens is 1. The Morgan fingerprint density at radius 2 is 1.77 bits per heavy atom. The number of nitro groups is 1. The zero-order valence-corrected chi connectivity index (χ0v) is 21.5. The molecule has 6 aromatic rings. The zero-order chi connectivity index (χ0) is 27.6. The van der Waals surface area contributed by atoms with Gasteiger partial charge in [0.25, 0.3) is 11.2 Å². The molecule has 0 unspecified atom stereocenters. The number of nitrogens with zero attached hydrogens (tertiary/aromatic N) is 4. The van der Waals surface area contributed by atoms with E-state index >= 15 is 0 Å². The molecule has 9 nitrogen and oxygen atoms in total. The molecule has 2 aromatic heterocycles. The number of ether oxygens (including phenoxy) is 1. The fourth-order valence-electron chi connectivity index (χ4n) is 4.23. The van der Waals surface area contributed by atoms with E-state index in [1.165, 1.54) is 24.4 Å². The molecule has 0 saturated heterocycles. The highest BCUT2D eigenvalue weighted by Gasteiger charge is 2.17. The minimum absolute atomic E-state index is 0.151. The summed E-state index contributed by atoms with van der Waals surface area (Å²) in [5.41, 5.74) is 1.70. The second-order valence-electron chi connectivity index (χ2n) is 8.86. The Bertz CT molecular complexity index is 1950. The molecule has 0 saturated carbocycles. The SMILES string of the molecule is O=c1c2ccccc2nc(-c2cc3ccccc3o2)n1N=Cc1cc([N+](=O)[O-])ccc1OCc1ccc(Cl)cc1. The Morgan fingerprint density at radius 3 is 2.58 bits per heavy atom. The van der Waals surface area contributed by atoms with Gasteiger partial charge in [-0.15, -0.1) is 0 Å². The third-order valence-electron chi connectivity index (χ3n) is 6.22. The van der Waals surface area contributed by atoms with Gasteiger partial charge in [-0.05, 0) is 48.0 Å². The topological polar surface area (TPSA) is 113 Å². The third kappa shape index (κ3) is 4.93. The molecule has 0 aliphatic heterocycles. The number of fused-ring (bicyclic) bond motifs is 2. The van der Waals surface area contributed by atoms with Crippen LogP contribution in [0.2, 0.25) is 5.02 Å². The van der Waals surface area contributed by atoms with Crippen LogP contribution >= 0.6 is 11.6 Å². The van der Waals surface area contributed by atoms with E-state index in [2.05, 4.69) is 10.1 Å². The van der Waals surface area contributed by atoms with Crippen LogP contribution in [0.25, 0.3) is 33.5 Å². The van der Waals surface area contributed by atoms with Crippen LogP contribution in [0.15, 0.2) is 111 Å². The molecular formula is C30H19ClN4O5. The van der Waals surface area contributed by atoms with Crippen molar-refractivity contribution in [2.75, 3.05) is 0 Å². The Balaban J connectivity index is 1.46. The van der Waals surface area contributed by atoms with Crippen molar-refractivity contribution in [1.82, 2.24) is 9.66 Å². The molecule has 4 aromatic carbocycles. The smallest absolute Gasteiger partial charge is 0.282 e. The molecule has 10 heteroatoms. The fourth-order valence-corrected chi connectivity index (χ4v) is 4.35. The second kappa shape index (κ2) is 10.5. The predicted molar refractivity (Wildman–Crippen MR) is 153 cm³/mol. The van der Waals surface area contributed by atoms with Crippen molar-refractivity contribution in [2.24, 2.45) is 5.10 Å². The molecule has 0 atom stereocenters.